The Morgan fingerprint density at radius 3 is 2.48 bits per heavy atom. The summed E-state index contributed by atoms with van der Waals surface area (Å²) in [6.45, 7) is 7.57. The number of nitrogens with zero attached hydrogens (tertiary/aromatic N) is 5. The molecule has 6 nitrogen and oxygen atoms in total. The summed E-state index contributed by atoms with van der Waals surface area (Å²) in [4.78, 5) is 16.8. The third-order valence-electron chi connectivity index (χ3n) is 5.21. The van der Waals surface area contributed by atoms with E-state index in [1.807, 2.05) is 41.4 Å². The Morgan fingerprint density at radius 2 is 1.89 bits per heavy atom. The van der Waals surface area contributed by atoms with Crippen molar-refractivity contribution in [3.05, 3.63) is 58.9 Å². The quantitative estimate of drug-likeness (QED) is 0.622. The van der Waals surface area contributed by atoms with Gasteiger partial charge >= 0.3 is 0 Å². The predicted octanol–water partition coefficient (Wildman–Crippen LogP) is 3.96. The molecule has 1 aliphatic rings. The second kappa shape index (κ2) is 6.76. The van der Waals surface area contributed by atoms with Crippen molar-refractivity contribution in [3.63, 3.8) is 0 Å². The Balaban J connectivity index is 1.68. The maximum atomic E-state index is 11.9. The lowest BCUT2D eigenvalue weighted by molar-refractivity contribution is 0.101. The Hall–Kier alpha value is -2.76. The first-order valence-corrected chi connectivity index (χ1v) is 9.53. The number of carbonyl (C=O) groups is 1. The summed E-state index contributed by atoms with van der Waals surface area (Å²) < 4.78 is 3.91. The van der Waals surface area contributed by atoms with E-state index in [0.717, 1.165) is 34.3 Å². The van der Waals surface area contributed by atoms with E-state index >= 15 is 0 Å². The number of para-hydroxylation sites is 1. The van der Waals surface area contributed by atoms with E-state index in [4.69, 9.17) is 10.1 Å². The summed E-state index contributed by atoms with van der Waals surface area (Å²) in [7, 11) is 0. The van der Waals surface area contributed by atoms with Crippen LogP contribution in [0.5, 0.6) is 0 Å². The molecular weight excluding hydrogens is 338 g/mol. The third kappa shape index (κ3) is 3.31. The number of aromatic nitrogens is 5. The van der Waals surface area contributed by atoms with Gasteiger partial charge in [0, 0.05) is 18.0 Å². The van der Waals surface area contributed by atoms with Crippen LogP contribution in [0.2, 0.25) is 0 Å². The van der Waals surface area contributed by atoms with Crippen LogP contribution < -0.4 is 0 Å². The van der Waals surface area contributed by atoms with Crippen LogP contribution in [0.15, 0.2) is 30.3 Å². The van der Waals surface area contributed by atoms with Crippen LogP contribution in [-0.2, 0) is 6.42 Å². The van der Waals surface area contributed by atoms with Crippen LogP contribution in [0.4, 0.5) is 0 Å². The van der Waals surface area contributed by atoms with Gasteiger partial charge in [-0.25, -0.2) is 9.67 Å². The van der Waals surface area contributed by atoms with E-state index in [0.29, 0.717) is 12.3 Å². The van der Waals surface area contributed by atoms with Gasteiger partial charge < -0.3 is 0 Å². The van der Waals surface area contributed by atoms with Gasteiger partial charge in [-0.05, 0) is 52.7 Å². The second-order valence-electron chi connectivity index (χ2n) is 7.51. The van der Waals surface area contributed by atoms with Crippen molar-refractivity contribution in [1.82, 2.24) is 24.5 Å². The smallest absolute Gasteiger partial charge is 0.163 e. The normalized spacial score (nSPS) is 15.1. The molecular formula is C21H25N5O. The highest BCUT2D eigenvalue weighted by molar-refractivity contribution is 5.96. The van der Waals surface area contributed by atoms with Gasteiger partial charge in [-0.1, -0.05) is 18.2 Å². The van der Waals surface area contributed by atoms with Crippen LogP contribution in [-0.4, -0.2) is 30.3 Å². The van der Waals surface area contributed by atoms with E-state index in [1.165, 1.54) is 12.8 Å². The van der Waals surface area contributed by atoms with Crippen molar-refractivity contribution >= 4 is 5.78 Å². The molecule has 3 aromatic rings. The van der Waals surface area contributed by atoms with Crippen molar-refractivity contribution in [2.45, 2.75) is 58.9 Å². The molecule has 1 fully saturated rings. The molecule has 0 amide bonds. The van der Waals surface area contributed by atoms with Gasteiger partial charge in [-0.15, -0.1) is 0 Å². The van der Waals surface area contributed by atoms with E-state index in [9.17, 15) is 4.79 Å². The van der Waals surface area contributed by atoms with Crippen LogP contribution >= 0.6 is 0 Å². The van der Waals surface area contributed by atoms with Gasteiger partial charge in [0.05, 0.1) is 23.0 Å². The Morgan fingerprint density at radius 1 is 1.19 bits per heavy atom. The summed E-state index contributed by atoms with van der Waals surface area (Å²) >= 11 is 0. The summed E-state index contributed by atoms with van der Waals surface area (Å²) in [5.74, 6) is 2.44. The van der Waals surface area contributed by atoms with E-state index in [2.05, 4.69) is 24.2 Å². The minimum Gasteiger partial charge on any atom is -0.294 e. The van der Waals surface area contributed by atoms with Crippen molar-refractivity contribution in [2.24, 2.45) is 0 Å². The fourth-order valence-corrected chi connectivity index (χ4v) is 3.74. The number of rotatable bonds is 6. The lowest BCUT2D eigenvalue weighted by Crippen LogP contribution is -2.15. The van der Waals surface area contributed by atoms with Gasteiger partial charge in [0.15, 0.2) is 11.6 Å². The Bertz CT molecular complexity index is 982. The first kappa shape index (κ1) is 17.6. The molecule has 0 unspecified atom stereocenters. The van der Waals surface area contributed by atoms with Gasteiger partial charge in [0.25, 0.3) is 0 Å². The summed E-state index contributed by atoms with van der Waals surface area (Å²) in [6.07, 6.45) is 3.05. The summed E-state index contributed by atoms with van der Waals surface area (Å²) in [5.41, 5.74) is 3.46. The molecule has 27 heavy (non-hydrogen) atoms. The maximum Gasteiger partial charge on any atom is 0.163 e. The lowest BCUT2D eigenvalue weighted by Gasteiger charge is -2.15. The van der Waals surface area contributed by atoms with E-state index in [-0.39, 0.29) is 11.8 Å². The average Bonchev–Trinajstić information content (AvgIpc) is 3.33. The molecule has 0 N–H and O–H groups in total. The number of aryl methyl sites for hydroxylation is 1. The number of hydrogen-bond donors (Lipinski definition) is 0. The number of ketones is 1. The molecule has 0 aliphatic heterocycles. The fourth-order valence-electron chi connectivity index (χ4n) is 3.74. The second-order valence-corrected chi connectivity index (χ2v) is 7.51. The van der Waals surface area contributed by atoms with Gasteiger partial charge in [-0.3, -0.25) is 9.48 Å². The molecule has 0 radical (unpaired) electrons. The van der Waals surface area contributed by atoms with Crippen LogP contribution in [0.25, 0.3) is 5.69 Å². The zero-order valence-electron chi connectivity index (χ0n) is 16.3. The minimum atomic E-state index is 0.0620. The van der Waals surface area contributed by atoms with Gasteiger partial charge in [-0.2, -0.15) is 10.2 Å². The molecule has 2 heterocycles. The molecule has 2 aromatic heterocycles. The lowest BCUT2D eigenvalue weighted by atomic mass is 10.1. The highest BCUT2D eigenvalue weighted by Crippen LogP contribution is 2.38. The third-order valence-corrected chi connectivity index (χ3v) is 5.21. The molecule has 1 atom stereocenters. The highest BCUT2D eigenvalue weighted by Gasteiger charge is 2.30. The highest BCUT2D eigenvalue weighted by atomic mass is 16.1. The molecule has 0 bridgehead atoms. The predicted molar refractivity (Wildman–Crippen MR) is 103 cm³/mol. The number of hydrogen-bond acceptors (Lipinski definition) is 4. The Labute approximate surface area is 159 Å². The van der Waals surface area contributed by atoms with E-state index < -0.39 is 0 Å². The minimum absolute atomic E-state index is 0.0620. The monoisotopic (exact) mass is 363 g/mol. The molecule has 4 rings (SSSR count). The SMILES string of the molecule is CC(=O)c1c(C)nn([C@H](C)Cc2nc(C3CC3)nn2-c2ccccc2)c1C. The first-order chi connectivity index (χ1) is 13.0. The molecule has 1 aromatic carbocycles. The standard InChI is InChI=1S/C21H25N5O/c1-13(25-15(3)20(16(4)27)14(2)23-25)12-19-22-21(17-10-11-17)24-26(19)18-8-6-5-7-9-18/h5-9,13,17H,10-12H2,1-4H3/t13-/m1/s1. The topological polar surface area (TPSA) is 65.6 Å². The molecule has 140 valence electrons. The molecule has 0 spiro atoms. The molecule has 1 aliphatic carbocycles. The molecule has 0 saturated heterocycles. The largest absolute Gasteiger partial charge is 0.294 e. The first-order valence-electron chi connectivity index (χ1n) is 9.53. The number of benzene rings is 1. The van der Waals surface area contributed by atoms with Gasteiger partial charge in [0.1, 0.15) is 5.82 Å². The van der Waals surface area contributed by atoms with Crippen LogP contribution in [0.1, 0.15) is 72.0 Å². The summed E-state index contributed by atoms with van der Waals surface area (Å²) in [5, 5.41) is 9.41. The van der Waals surface area contributed by atoms with Crippen molar-refractivity contribution in [3.8, 4) is 5.69 Å². The fraction of sp³-hybridized carbons (Fsp3) is 0.429. The Kier molecular flexibility index (Phi) is 4.42. The number of carbonyl (C=O) groups excluding carboxylic acids is 1. The zero-order valence-corrected chi connectivity index (χ0v) is 16.3. The molecule has 1 saturated carbocycles. The van der Waals surface area contributed by atoms with Crippen molar-refractivity contribution in [1.29, 1.82) is 0 Å². The number of Topliss-reactive ketones (excluding diaryl/α,β-unsaturated/α-hetero) is 1. The van der Waals surface area contributed by atoms with Crippen molar-refractivity contribution in [2.75, 3.05) is 0 Å². The zero-order chi connectivity index (χ0) is 19.1. The average molecular weight is 363 g/mol. The van der Waals surface area contributed by atoms with Crippen molar-refractivity contribution < 1.29 is 4.79 Å². The maximum absolute atomic E-state index is 11.9. The summed E-state index contributed by atoms with van der Waals surface area (Å²) in [6, 6.07) is 10.2. The van der Waals surface area contributed by atoms with Crippen LogP contribution in [0.3, 0.4) is 0 Å². The van der Waals surface area contributed by atoms with Crippen LogP contribution in [0, 0.1) is 13.8 Å². The van der Waals surface area contributed by atoms with E-state index in [1.54, 1.807) is 6.92 Å². The van der Waals surface area contributed by atoms with Gasteiger partial charge in [0.2, 0.25) is 0 Å². The molecule has 6 heteroatoms.